The summed E-state index contributed by atoms with van der Waals surface area (Å²) in [5.41, 5.74) is 7.69. The molecule has 100 valence electrons. The summed E-state index contributed by atoms with van der Waals surface area (Å²) < 4.78 is 6.04. The Bertz CT molecular complexity index is 526. The zero-order valence-electron chi connectivity index (χ0n) is 11.0. The molecule has 2 aromatic rings. The first-order chi connectivity index (χ1) is 9.20. The summed E-state index contributed by atoms with van der Waals surface area (Å²) in [5, 5.41) is 9.42. The highest BCUT2D eigenvalue weighted by molar-refractivity contribution is 5.39. The van der Waals surface area contributed by atoms with E-state index in [9.17, 15) is 5.11 Å². The largest absolute Gasteiger partial charge is 0.508 e. The van der Waals surface area contributed by atoms with Crippen LogP contribution in [0.15, 0.2) is 48.5 Å². The molecule has 0 aliphatic carbocycles. The summed E-state index contributed by atoms with van der Waals surface area (Å²) in [6.45, 7) is 2.48. The normalized spacial score (nSPS) is 12.1. The van der Waals surface area contributed by atoms with Gasteiger partial charge < -0.3 is 15.6 Å². The highest BCUT2D eigenvalue weighted by atomic mass is 16.5. The van der Waals surface area contributed by atoms with E-state index in [-0.39, 0.29) is 11.9 Å². The molecule has 0 amide bonds. The van der Waals surface area contributed by atoms with Crippen molar-refractivity contribution in [2.75, 3.05) is 6.54 Å². The molecule has 0 aliphatic rings. The van der Waals surface area contributed by atoms with E-state index in [1.165, 1.54) is 0 Å². The van der Waals surface area contributed by atoms with Gasteiger partial charge in [0, 0.05) is 6.42 Å². The van der Waals surface area contributed by atoms with Gasteiger partial charge in [-0.15, -0.1) is 0 Å². The molecule has 2 aromatic carbocycles. The van der Waals surface area contributed by atoms with Crippen molar-refractivity contribution in [3.05, 3.63) is 59.7 Å². The third-order valence-corrected chi connectivity index (χ3v) is 3.03. The van der Waals surface area contributed by atoms with Crippen molar-refractivity contribution in [3.8, 4) is 11.5 Å². The van der Waals surface area contributed by atoms with Crippen LogP contribution in [0.2, 0.25) is 0 Å². The van der Waals surface area contributed by atoms with Crippen molar-refractivity contribution < 1.29 is 9.84 Å². The topological polar surface area (TPSA) is 55.5 Å². The van der Waals surface area contributed by atoms with Gasteiger partial charge in [-0.2, -0.15) is 0 Å². The molecule has 0 saturated heterocycles. The van der Waals surface area contributed by atoms with Crippen molar-refractivity contribution in [1.29, 1.82) is 0 Å². The van der Waals surface area contributed by atoms with E-state index >= 15 is 0 Å². The van der Waals surface area contributed by atoms with Crippen LogP contribution in [-0.4, -0.2) is 11.7 Å². The highest BCUT2D eigenvalue weighted by Gasteiger charge is 2.13. The summed E-state index contributed by atoms with van der Waals surface area (Å²) in [6.07, 6.45) is 0.694. The van der Waals surface area contributed by atoms with Crippen molar-refractivity contribution in [1.82, 2.24) is 0 Å². The van der Waals surface area contributed by atoms with Crippen LogP contribution in [0.4, 0.5) is 0 Å². The maximum atomic E-state index is 9.42. The minimum Gasteiger partial charge on any atom is -0.508 e. The van der Waals surface area contributed by atoms with Crippen LogP contribution >= 0.6 is 0 Å². The van der Waals surface area contributed by atoms with E-state index in [1.807, 2.05) is 37.3 Å². The number of hydrogen-bond donors (Lipinski definition) is 2. The molecule has 3 nitrogen and oxygen atoms in total. The third kappa shape index (κ3) is 3.48. The van der Waals surface area contributed by atoms with E-state index in [0.717, 1.165) is 23.3 Å². The zero-order valence-corrected chi connectivity index (χ0v) is 11.0. The summed E-state index contributed by atoms with van der Waals surface area (Å²) in [6, 6.07) is 15.2. The lowest BCUT2D eigenvalue weighted by molar-refractivity contribution is 0.196. The number of aromatic hydroxyl groups is 1. The second-order valence-corrected chi connectivity index (χ2v) is 4.54. The Labute approximate surface area is 113 Å². The molecule has 0 aromatic heterocycles. The van der Waals surface area contributed by atoms with E-state index in [1.54, 1.807) is 18.2 Å². The number of phenols is 1. The average molecular weight is 257 g/mol. The Morgan fingerprint density at radius 1 is 1.16 bits per heavy atom. The smallest absolute Gasteiger partial charge is 0.125 e. The van der Waals surface area contributed by atoms with Crippen molar-refractivity contribution >= 4 is 0 Å². The van der Waals surface area contributed by atoms with Gasteiger partial charge >= 0.3 is 0 Å². The van der Waals surface area contributed by atoms with Gasteiger partial charge in [-0.05, 0) is 42.8 Å². The predicted octanol–water partition coefficient (Wildman–Crippen LogP) is 3.17. The molecule has 0 saturated carbocycles. The molecule has 0 spiro atoms. The van der Waals surface area contributed by atoms with E-state index in [2.05, 4.69) is 0 Å². The molecule has 0 fully saturated rings. The van der Waals surface area contributed by atoms with Crippen molar-refractivity contribution in [2.24, 2.45) is 5.73 Å². The van der Waals surface area contributed by atoms with Gasteiger partial charge in [-0.1, -0.05) is 30.3 Å². The van der Waals surface area contributed by atoms with Crippen molar-refractivity contribution in [3.63, 3.8) is 0 Å². The van der Waals surface area contributed by atoms with Crippen LogP contribution in [0, 0.1) is 6.92 Å². The van der Waals surface area contributed by atoms with E-state index < -0.39 is 0 Å². The SMILES string of the molecule is Cc1cc(O)ccc1OC(CCN)c1ccccc1. The maximum absolute atomic E-state index is 9.42. The zero-order chi connectivity index (χ0) is 13.7. The molecule has 3 heteroatoms. The highest BCUT2D eigenvalue weighted by Crippen LogP contribution is 2.29. The van der Waals surface area contributed by atoms with Crippen LogP contribution in [-0.2, 0) is 0 Å². The average Bonchev–Trinajstić information content (AvgIpc) is 2.42. The lowest BCUT2D eigenvalue weighted by Gasteiger charge is -2.20. The van der Waals surface area contributed by atoms with Gasteiger partial charge in [0.1, 0.15) is 17.6 Å². The number of aryl methyl sites for hydroxylation is 1. The monoisotopic (exact) mass is 257 g/mol. The maximum Gasteiger partial charge on any atom is 0.125 e. The quantitative estimate of drug-likeness (QED) is 0.865. The number of rotatable bonds is 5. The predicted molar refractivity (Wildman–Crippen MR) is 76.3 cm³/mol. The van der Waals surface area contributed by atoms with E-state index in [0.29, 0.717) is 6.54 Å². The summed E-state index contributed by atoms with van der Waals surface area (Å²) in [4.78, 5) is 0. The molecular formula is C16H19NO2. The van der Waals surface area contributed by atoms with Gasteiger partial charge in [0.2, 0.25) is 0 Å². The van der Waals surface area contributed by atoms with Gasteiger partial charge in [-0.25, -0.2) is 0 Å². The molecule has 3 N–H and O–H groups in total. The molecule has 0 bridgehead atoms. The molecule has 19 heavy (non-hydrogen) atoms. The van der Waals surface area contributed by atoms with Crippen LogP contribution in [0.5, 0.6) is 11.5 Å². The lowest BCUT2D eigenvalue weighted by Crippen LogP contribution is -2.13. The number of ether oxygens (including phenoxy) is 1. The second kappa shape index (κ2) is 6.25. The first kappa shape index (κ1) is 13.4. The number of hydrogen-bond acceptors (Lipinski definition) is 3. The summed E-state index contributed by atoms with van der Waals surface area (Å²) in [5.74, 6) is 1.03. The van der Waals surface area contributed by atoms with E-state index in [4.69, 9.17) is 10.5 Å². The molecule has 1 atom stereocenters. The third-order valence-electron chi connectivity index (χ3n) is 3.03. The fourth-order valence-electron chi connectivity index (χ4n) is 2.03. The summed E-state index contributed by atoms with van der Waals surface area (Å²) >= 11 is 0. The molecule has 0 heterocycles. The fraction of sp³-hybridized carbons (Fsp3) is 0.250. The van der Waals surface area contributed by atoms with Crippen LogP contribution in [0.25, 0.3) is 0 Å². The standard InChI is InChI=1S/C16H19NO2/c1-12-11-14(18)7-8-15(12)19-16(9-10-17)13-5-3-2-4-6-13/h2-8,11,16,18H,9-10,17H2,1H3. The number of phenolic OH excluding ortho intramolecular Hbond substituents is 1. The Morgan fingerprint density at radius 2 is 1.89 bits per heavy atom. The molecule has 2 rings (SSSR count). The van der Waals surface area contributed by atoms with Crippen LogP contribution in [0.3, 0.4) is 0 Å². The molecular weight excluding hydrogens is 238 g/mol. The Hall–Kier alpha value is -2.00. The Balaban J connectivity index is 2.21. The van der Waals surface area contributed by atoms with Crippen LogP contribution < -0.4 is 10.5 Å². The van der Waals surface area contributed by atoms with Gasteiger partial charge in [0.15, 0.2) is 0 Å². The minimum atomic E-state index is -0.0607. The van der Waals surface area contributed by atoms with Gasteiger partial charge in [0.05, 0.1) is 0 Å². The molecule has 0 radical (unpaired) electrons. The number of benzene rings is 2. The van der Waals surface area contributed by atoms with Gasteiger partial charge in [-0.3, -0.25) is 0 Å². The first-order valence-corrected chi connectivity index (χ1v) is 6.42. The Morgan fingerprint density at radius 3 is 2.53 bits per heavy atom. The molecule has 0 aliphatic heterocycles. The minimum absolute atomic E-state index is 0.0607. The fourth-order valence-corrected chi connectivity index (χ4v) is 2.03. The Kier molecular flexibility index (Phi) is 4.42. The van der Waals surface area contributed by atoms with Crippen molar-refractivity contribution in [2.45, 2.75) is 19.4 Å². The van der Waals surface area contributed by atoms with Gasteiger partial charge in [0.25, 0.3) is 0 Å². The molecule has 1 unspecified atom stereocenters. The lowest BCUT2D eigenvalue weighted by atomic mass is 10.1. The first-order valence-electron chi connectivity index (χ1n) is 6.42. The number of nitrogens with two attached hydrogens (primary N) is 1. The van der Waals surface area contributed by atoms with Crippen LogP contribution in [0.1, 0.15) is 23.7 Å². The summed E-state index contributed by atoms with van der Waals surface area (Å²) in [7, 11) is 0. The second-order valence-electron chi connectivity index (χ2n) is 4.54.